The van der Waals surface area contributed by atoms with E-state index in [0.717, 1.165) is 5.92 Å². The molecule has 1 aromatic rings. The number of anilines is 1. The van der Waals surface area contributed by atoms with E-state index in [1.165, 1.54) is 32.1 Å². The molecule has 0 aliphatic heterocycles. The Balaban J connectivity index is 2.14. The molecule has 14 heavy (non-hydrogen) atoms. The lowest BCUT2D eigenvalue weighted by molar-refractivity contribution is 0.200. The van der Waals surface area contributed by atoms with Gasteiger partial charge in [0.25, 0.3) is 0 Å². The molecule has 0 aromatic carbocycles. The van der Waals surface area contributed by atoms with Crippen molar-refractivity contribution in [3.05, 3.63) is 6.20 Å². The highest BCUT2D eigenvalue weighted by Crippen LogP contribution is 2.34. The van der Waals surface area contributed by atoms with Crippen LogP contribution in [-0.2, 0) is 0 Å². The first-order chi connectivity index (χ1) is 6.81. The Morgan fingerprint density at radius 1 is 1.50 bits per heavy atom. The van der Waals surface area contributed by atoms with Gasteiger partial charge in [-0.05, 0) is 18.8 Å². The molecular formula is C10H18N4. The maximum atomic E-state index is 5.58. The number of hydrogen-bond acceptors (Lipinski definition) is 3. The van der Waals surface area contributed by atoms with E-state index < -0.39 is 0 Å². The van der Waals surface area contributed by atoms with Gasteiger partial charge >= 0.3 is 0 Å². The van der Waals surface area contributed by atoms with Crippen LogP contribution in [0.5, 0.6) is 0 Å². The van der Waals surface area contributed by atoms with Crippen LogP contribution in [-0.4, -0.2) is 15.0 Å². The summed E-state index contributed by atoms with van der Waals surface area (Å²) >= 11 is 0. The van der Waals surface area contributed by atoms with Crippen molar-refractivity contribution in [2.45, 2.75) is 45.1 Å². The second kappa shape index (κ2) is 3.98. The summed E-state index contributed by atoms with van der Waals surface area (Å²) in [5.74, 6) is 1.26. The van der Waals surface area contributed by atoms with Gasteiger partial charge in [0.1, 0.15) is 0 Å². The van der Waals surface area contributed by atoms with Gasteiger partial charge in [0.15, 0.2) is 5.82 Å². The van der Waals surface area contributed by atoms with Crippen LogP contribution >= 0.6 is 0 Å². The average molecular weight is 194 g/mol. The maximum absolute atomic E-state index is 5.58. The van der Waals surface area contributed by atoms with Crippen LogP contribution in [0.2, 0.25) is 0 Å². The number of aromatic nitrogens is 3. The minimum Gasteiger partial charge on any atom is -0.381 e. The van der Waals surface area contributed by atoms with Crippen molar-refractivity contribution in [2.75, 3.05) is 5.73 Å². The Morgan fingerprint density at radius 2 is 2.29 bits per heavy atom. The molecule has 1 aromatic heterocycles. The van der Waals surface area contributed by atoms with Gasteiger partial charge in [-0.2, -0.15) is 9.90 Å². The summed E-state index contributed by atoms with van der Waals surface area (Å²) in [6, 6.07) is 0.478. The Bertz CT molecular complexity index is 294. The molecule has 1 heterocycles. The van der Waals surface area contributed by atoms with E-state index in [1.807, 2.05) is 4.80 Å². The number of nitrogens with zero attached hydrogens (tertiary/aromatic N) is 3. The predicted molar refractivity (Wildman–Crippen MR) is 55.7 cm³/mol. The summed E-state index contributed by atoms with van der Waals surface area (Å²) in [6.45, 7) is 2.25. The molecule has 1 aliphatic rings. The fourth-order valence-electron chi connectivity index (χ4n) is 2.42. The largest absolute Gasteiger partial charge is 0.381 e. The molecular weight excluding hydrogens is 176 g/mol. The summed E-state index contributed by atoms with van der Waals surface area (Å²) in [7, 11) is 0. The Labute approximate surface area is 84.5 Å². The van der Waals surface area contributed by atoms with Crippen LogP contribution in [0.3, 0.4) is 0 Å². The molecule has 1 saturated carbocycles. The molecule has 0 radical (unpaired) electrons. The highest BCUT2D eigenvalue weighted by Gasteiger charge is 2.26. The minimum absolute atomic E-state index is 0.478. The quantitative estimate of drug-likeness (QED) is 0.783. The molecule has 2 unspecified atom stereocenters. The predicted octanol–water partition coefficient (Wildman–Crippen LogP) is 2.00. The summed E-state index contributed by atoms with van der Waals surface area (Å²) in [5.41, 5.74) is 5.58. The van der Waals surface area contributed by atoms with E-state index >= 15 is 0 Å². The molecule has 0 spiro atoms. The second-order valence-corrected chi connectivity index (χ2v) is 4.11. The van der Waals surface area contributed by atoms with Gasteiger partial charge in [0.05, 0.1) is 12.2 Å². The van der Waals surface area contributed by atoms with Crippen molar-refractivity contribution < 1.29 is 0 Å². The average Bonchev–Trinajstić information content (AvgIpc) is 2.65. The Kier molecular flexibility index (Phi) is 2.70. The standard InChI is InChI=1S/C10H18N4/c1-2-8-5-3-4-6-9(8)14-12-7-10(11)13-14/h7-9H,2-6H2,1H3,(H2,11,13). The van der Waals surface area contributed by atoms with Crippen molar-refractivity contribution in [1.82, 2.24) is 15.0 Å². The zero-order valence-electron chi connectivity index (χ0n) is 8.69. The molecule has 2 atom stereocenters. The van der Waals surface area contributed by atoms with Crippen molar-refractivity contribution in [1.29, 1.82) is 0 Å². The molecule has 2 N–H and O–H groups in total. The lowest BCUT2D eigenvalue weighted by Crippen LogP contribution is -2.24. The Morgan fingerprint density at radius 3 is 2.93 bits per heavy atom. The molecule has 4 nitrogen and oxygen atoms in total. The van der Waals surface area contributed by atoms with Gasteiger partial charge in [0.2, 0.25) is 0 Å². The normalized spacial score (nSPS) is 27.8. The zero-order chi connectivity index (χ0) is 9.97. The highest BCUT2D eigenvalue weighted by atomic mass is 15.5. The van der Waals surface area contributed by atoms with Crippen molar-refractivity contribution in [3.8, 4) is 0 Å². The van der Waals surface area contributed by atoms with Crippen LogP contribution in [0, 0.1) is 5.92 Å². The Hall–Kier alpha value is -1.06. The van der Waals surface area contributed by atoms with Gasteiger partial charge < -0.3 is 5.73 Å². The van der Waals surface area contributed by atoms with Gasteiger partial charge in [-0.1, -0.05) is 26.2 Å². The van der Waals surface area contributed by atoms with Gasteiger partial charge in [-0.3, -0.25) is 0 Å². The first-order valence-electron chi connectivity index (χ1n) is 5.48. The van der Waals surface area contributed by atoms with Crippen molar-refractivity contribution in [2.24, 2.45) is 5.92 Å². The van der Waals surface area contributed by atoms with Crippen molar-refractivity contribution >= 4 is 5.82 Å². The smallest absolute Gasteiger partial charge is 0.165 e. The zero-order valence-corrected chi connectivity index (χ0v) is 8.69. The summed E-state index contributed by atoms with van der Waals surface area (Å²) in [5, 5.41) is 8.43. The first kappa shape index (κ1) is 9.49. The fourth-order valence-corrected chi connectivity index (χ4v) is 2.42. The molecule has 1 aliphatic carbocycles. The molecule has 0 amide bonds. The van der Waals surface area contributed by atoms with Crippen LogP contribution in [0.15, 0.2) is 6.20 Å². The summed E-state index contributed by atoms with van der Waals surface area (Å²) in [6.07, 6.45) is 8.01. The number of hydrogen-bond donors (Lipinski definition) is 1. The van der Waals surface area contributed by atoms with E-state index in [-0.39, 0.29) is 0 Å². The van der Waals surface area contributed by atoms with Crippen LogP contribution in [0.1, 0.15) is 45.1 Å². The number of rotatable bonds is 2. The van der Waals surface area contributed by atoms with E-state index in [9.17, 15) is 0 Å². The van der Waals surface area contributed by atoms with Crippen LogP contribution < -0.4 is 5.73 Å². The number of nitrogen functional groups attached to an aromatic ring is 1. The third-order valence-corrected chi connectivity index (χ3v) is 3.22. The highest BCUT2D eigenvalue weighted by molar-refractivity contribution is 5.19. The molecule has 0 saturated heterocycles. The lowest BCUT2D eigenvalue weighted by Gasteiger charge is -2.29. The SMILES string of the molecule is CCC1CCCCC1n1ncc(N)n1. The molecule has 1 fully saturated rings. The number of nitrogens with two attached hydrogens (primary N) is 1. The van der Waals surface area contributed by atoms with Crippen LogP contribution in [0.4, 0.5) is 5.82 Å². The van der Waals surface area contributed by atoms with E-state index in [1.54, 1.807) is 6.20 Å². The van der Waals surface area contributed by atoms with Crippen molar-refractivity contribution in [3.63, 3.8) is 0 Å². The van der Waals surface area contributed by atoms with E-state index in [2.05, 4.69) is 17.1 Å². The van der Waals surface area contributed by atoms with Gasteiger partial charge in [-0.25, -0.2) is 0 Å². The monoisotopic (exact) mass is 194 g/mol. The summed E-state index contributed by atoms with van der Waals surface area (Å²) < 4.78 is 0. The maximum Gasteiger partial charge on any atom is 0.165 e. The van der Waals surface area contributed by atoms with E-state index in [4.69, 9.17) is 5.73 Å². The molecule has 78 valence electrons. The molecule has 0 bridgehead atoms. The fraction of sp³-hybridized carbons (Fsp3) is 0.800. The van der Waals surface area contributed by atoms with Gasteiger partial charge in [0, 0.05) is 0 Å². The third-order valence-electron chi connectivity index (χ3n) is 3.22. The van der Waals surface area contributed by atoms with Crippen LogP contribution in [0.25, 0.3) is 0 Å². The minimum atomic E-state index is 0.478. The first-order valence-corrected chi connectivity index (χ1v) is 5.48. The molecule has 4 heteroatoms. The molecule has 2 rings (SSSR count). The summed E-state index contributed by atoms with van der Waals surface area (Å²) in [4.78, 5) is 1.82. The topological polar surface area (TPSA) is 56.7 Å². The van der Waals surface area contributed by atoms with E-state index in [0.29, 0.717) is 11.9 Å². The van der Waals surface area contributed by atoms with Gasteiger partial charge in [-0.15, -0.1) is 5.10 Å². The third kappa shape index (κ3) is 1.74. The lowest BCUT2D eigenvalue weighted by atomic mass is 9.83. The second-order valence-electron chi connectivity index (χ2n) is 4.11.